The first-order chi connectivity index (χ1) is 10.4. The molecule has 0 atom stereocenters. The van der Waals surface area contributed by atoms with Crippen LogP contribution in [0.15, 0.2) is 18.2 Å². The first-order valence-electron chi connectivity index (χ1n) is 6.66. The predicted octanol–water partition coefficient (Wildman–Crippen LogP) is 2.32. The van der Waals surface area contributed by atoms with Gasteiger partial charge in [0.25, 0.3) is 5.69 Å². The van der Waals surface area contributed by atoms with Crippen LogP contribution in [0.25, 0.3) is 0 Å². The normalized spacial score (nSPS) is 16.5. The van der Waals surface area contributed by atoms with E-state index in [1.165, 1.54) is 0 Å². The zero-order valence-electron chi connectivity index (χ0n) is 11.6. The van der Waals surface area contributed by atoms with Crippen LogP contribution in [0.2, 0.25) is 0 Å². The molecule has 0 unspecified atom stereocenters. The minimum atomic E-state index is -4.71. The number of halogens is 3. The van der Waals surface area contributed by atoms with E-state index < -0.39 is 28.1 Å². The molecule has 0 N–H and O–H groups in total. The standard InChI is InChI=1S/C13H15F3N2O4/c14-13(15,16)11-9-10(18(19)20)1-2-12(11)22-8-5-17-3-6-21-7-4-17/h1-2,9H,3-8H2. The van der Waals surface area contributed by atoms with Crippen molar-refractivity contribution in [2.75, 3.05) is 39.5 Å². The quantitative estimate of drug-likeness (QED) is 0.615. The summed E-state index contributed by atoms with van der Waals surface area (Å²) in [4.78, 5) is 11.7. The maximum Gasteiger partial charge on any atom is 0.420 e. The van der Waals surface area contributed by atoms with Crippen molar-refractivity contribution in [3.05, 3.63) is 33.9 Å². The Hall–Kier alpha value is -1.87. The van der Waals surface area contributed by atoms with Gasteiger partial charge in [-0.15, -0.1) is 0 Å². The highest BCUT2D eigenvalue weighted by molar-refractivity contribution is 5.45. The molecule has 0 bridgehead atoms. The highest BCUT2D eigenvalue weighted by Crippen LogP contribution is 2.38. The summed E-state index contributed by atoms with van der Waals surface area (Å²) in [5.41, 5.74) is -1.75. The number of non-ortho nitro benzene ring substituents is 1. The molecule has 0 radical (unpaired) electrons. The molecule has 1 aromatic carbocycles. The van der Waals surface area contributed by atoms with Crippen molar-refractivity contribution in [1.29, 1.82) is 0 Å². The molecule has 0 aliphatic carbocycles. The van der Waals surface area contributed by atoms with Crippen molar-refractivity contribution in [2.24, 2.45) is 0 Å². The van der Waals surface area contributed by atoms with Crippen LogP contribution in [0.5, 0.6) is 5.75 Å². The summed E-state index contributed by atoms with van der Waals surface area (Å²) in [6.07, 6.45) is -4.71. The zero-order valence-corrected chi connectivity index (χ0v) is 11.6. The summed E-state index contributed by atoms with van der Waals surface area (Å²) in [6.45, 7) is 3.13. The number of hydrogen-bond acceptors (Lipinski definition) is 5. The van der Waals surface area contributed by atoms with Gasteiger partial charge in [0, 0.05) is 31.8 Å². The number of hydrogen-bond donors (Lipinski definition) is 0. The molecular formula is C13H15F3N2O4. The molecule has 1 aromatic rings. The largest absolute Gasteiger partial charge is 0.492 e. The van der Waals surface area contributed by atoms with Gasteiger partial charge in [0.2, 0.25) is 0 Å². The van der Waals surface area contributed by atoms with E-state index >= 15 is 0 Å². The van der Waals surface area contributed by atoms with Crippen molar-refractivity contribution in [2.45, 2.75) is 6.18 Å². The lowest BCUT2D eigenvalue weighted by Gasteiger charge is -2.26. The first kappa shape index (κ1) is 16.5. The lowest BCUT2D eigenvalue weighted by Crippen LogP contribution is -2.38. The Morgan fingerprint density at radius 2 is 2.00 bits per heavy atom. The van der Waals surface area contributed by atoms with Crippen molar-refractivity contribution in [3.63, 3.8) is 0 Å². The van der Waals surface area contributed by atoms with Gasteiger partial charge in [-0.25, -0.2) is 0 Å². The number of morpholine rings is 1. The summed E-state index contributed by atoms with van der Waals surface area (Å²) in [6, 6.07) is 2.48. The number of nitrogens with zero attached hydrogens (tertiary/aromatic N) is 2. The SMILES string of the molecule is O=[N+]([O-])c1ccc(OCCN2CCOCC2)c(C(F)(F)F)c1. The first-order valence-corrected chi connectivity index (χ1v) is 6.66. The lowest BCUT2D eigenvalue weighted by molar-refractivity contribution is -0.385. The van der Waals surface area contributed by atoms with Crippen LogP contribution >= 0.6 is 0 Å². The summed E-state index contributed by atoms with van der Waals surface area (Å²) < 4.78 is 49.2. The molecule has 1 saturated heterocycles. The Morgan fingerprint density at radius 3 is 2.59 bits per heavy atom. The second-order valence-corrected chi connectivity index (χ2v) is 4.74. The average Bonchev–Trinajstić information content (AvgIpc) is 2.47. The van der Waals surface area contributed by atoms with Crippen LogP contribution in [0.3, 0.4) is 0 Å². The second-order valence-electron chi connectivity index (χ2n) is 4.74. The van der Waals surface area contributed by atoms with E-state index in [1.807, 2.05) is 4.90 Å². The number of nitro groups is 1. The van der Waals surface area contributed by atoms with E-state index in [0.717, 1.165) is 12.1 Å². The smallest absolute Gasteiger partial charge is 0.420 e. The maximum absolute atomic E-state index is 12.9. The number of nitro benzene ring substituents is 1. The molecule has 1 heterocycles. The highest BCUT2D eigenvalue weighted by atomic mass is 19.4. The third kappa shape index (κ3) is 4.31. The van der Waals surface area contributed by atoms with Crippen LogP contribution in [-0.2, 0) is 10.9 Å². The van der Waals surface area contributed by atoms with Crippen molar-refractivity contribution < 1.29 is 27.6 Å². The summed E-state index contributed by atoms with van der Waals surface area (Å²) in [5.74, 6) is -0.397. The zero-order chi connectivity index (χ0) is 16.2. The van der Waals surface area contributed by atoms with E-state index in [4.69, 9.17) is 9.47 Å². The second kappa shape index (κ2) is 6.93. The molecule has 0 saturated carbocycles. The maximum atomic E-state index is 12.9. The number of alkyl halides is 3. The van der Waals surface area contributed by atoms with Gasteiger partial charge < -0.3 is 9.47 Å². The molecule has 1 aliphatic heterocycles. The molecule has 22 heavy (non-hydrogen) atoms. The fraction of sp³-hybridized carbons (Fsp3) is 0.538. The predicted molar refractivity (Wildman–Crippen MR) is 70.9 cm³/mol. The van der Waals surface area contributed by atoms with Gasteiger partial charge in [-0.05, 0) is 6.07 Å². The van der Waals surface area contributed by atoms with Crippen LogP contribution in [0.1, 0.15) is 5.56 Å². The van der Waals surface area contributed by atoms with Crippen molar-refractivity contribution >= 4 is 5.69 Å². The van der Waals surface area contributed by atoms with E-state index in [0.29, 0.717) is 38.9 Å². The molecule has 0 amide bonds. The van der Waals surface area contributed by atoms with Crippen LogP contribution < -0.4 is 4.74 Å². The lowest BCUT2D eigenvalue weighted by atomic mass is 10.1. The fourth-order valence-corrected chi connectivity index (χ4v) is 2.09. The minimum Gasteiger partial charge on any atom is -0.492 e. The number of ether oxygens (including phenoxy) is 2. The molecule has 9 heteroatoms. The topological polar surface area (TPSA) is 64.8 Å². The number of rotatable bonds is 5. The molecule has 1 aliphatic rings. The molecule has 122 valence electrons. The highest BCUT2D eigenvalue weighted by Gasteiger charge is 2.36. The summed E-state index contributed by atoms with van der Waals surface area (Å²) >= 11 is 0. The third-order valence-electron chi connectivity index (χ3n) is 3.25. The van der Waals surface area contributed by atoms with E-state index in [1.54, 1.807) is 0 Å². The van der Waals surface area contributed by atoms with Gasteiger partial charge in [0.05, 0.1) is 18.1 Å². The number of benzene rings is 1. The molecule has 0 aromatic heterocycles. The van der Waals surface area contributed by atoms with E-state index in [9.17, 15) is 23.3 Å². The summed E-state index contributed by atoms with van der Waals surface area (Å²) in [7, 11) is 0. The fourth-order valence-electron chi connectivity index (χ4n) is 2.09. The van der Waals surface area contributed by atoms with Gasteiger partial charge >= 0.3 is 6.18 Å². The Bertz CT molecular complexity index is 531. The van der Waals surface area contributed by atoms with Crippen LogP contribution in [-0.4, -0.2) is 49.3 Å². The van der Waals surface area contributed by atoms with Gasteiger partial charge in [-0.1, -0.05) is 0 Å². The van der Waals surface area contributed by atoms with E-state index in [-0.39, 0.29) is 6.61 Å². The van der Waals surface area contributed by atoms with E-state index in [2.05, 4.69) is 0 Å². The molecular weight excluding hydrogens is 305 g/mol. The van der Waals surface area contributed by atoms with Crippen molar-refractivity contribution in [3.8, 4) is 5.75 Å². The van der Waals surface area contributed by atoms with Gasteiger partial charge in [0.15, 0.2) is 0 Å². The average molecular weight is 320 g/mol. The molecule has 2 rings (SSSR count). The Labute approximate surface area is 124 Å². The van der Waals surface area contributed by atoms with Gasteiger partial charge in [0.1, 0.15) is 17.9 Å². The summed E-state index contributed by atoms with van der Waals surface area (Å²) in [5, 5.41) is 10.6. The van der Waals surface area contributed by atoms with Crippen molar-refractivity contribution in [1.82, 2.24) is 4.90 Å². The Kier molecular flexibility index (Phi) is 5.19. The Morgan fingerprint density at radius 1 is 1.32 bits per heavy atom. The minimum absolute atomic E-state index is 0.0703. The van der Waals surface area contributed by atoms with Gasteiger partial charge in [-0.2, -0.15) is 13.2 Å². The molecule has 6 nitrogen and oxygen atoms in total. The van der Waals surface area contributed by atoms with Crippen LogP contribution in [0.4, 0.5) is 18.9 Å². The molecule has 1 fully saturated rings. The van der Waals surface area contributed by atoms with Gasteiger partial charge in [-0.3, -0.25) is 15.0 Å². The molecule has 0 spiro atoms. The third-order valence-corrected chi connectivity index (χ3v) is 3.25. The van der Waals surface area contributed by atoms with Crippen LogP contribution in [0, 0.1) is 10.1 Å². The monoisotopic (exact) mass is 320 g/mol. The Balaban J connectivity index is 2.04.